The third-order valence-corrected chi connectivity index (χ3v) is 6.38. The Morgan fingerprint density at radius 3 is 2.64 bits per heavy atom. The van der Waals surface area contributed by atoms with Gasteiger partial charge in [-0.05, 0) is 26.1 Å². The molecule has 0 N–H and O–H groups in total. The Bertz CT molecular complexity index is 1290. The number of anilines is 1. The third kappa shape index (κ3) is 3.55. The summed E-state index contributed by atoms with van der Waals surface area (Å²) in [7, 11) is 2.14. The van der Waals surface area contributed by atoms with Crippen LogP contribution in [-0.4, -0.2) is 79.1 Å². The van der Waals surface area contributed by atoms with E-state index in [0.717, 1.165) is 73.2 Å². The van der Waals surface area contributed by atoms with Crippen LogP contribution in [0.2, 0.25) is 0 Å². The smallest absolute Gasteiger partial charge is 0.254 e. The second-order valence-electron chi connectivity index (χ2n) is 8.57. The Balaban J connectivity index is 1.55. The number of aromatic nitrogens is 7. The van der Waals surface area contributed by atoms with Gasteiger partial charge in [0.2, 0.25) is 0 Å². The van der Waals surface area contributed by atoms with Crippen molar-refractivity contribution in [3.8, 4) is 17.3 Å². The van der Waals surface area contributed by atoms with Gasteiger partial charge in [0.15, 0.2) is 17.0 Å². The van der Waals surface area contributed by atoms with Crippen LogP contribution in [-0.2, 0) is 24.2 Å². The van der Waals surface area contributed by atoms with Crippen LogP contribution in [0.5, 0.6) is 0 Å². The molecule has 2 aliphatic rings. The third-order valence-electron chi connectivity index (χ3n) is 6.38. The predicted octanol–water partition coefficient (Wildman–Crippen LogP) is 1.92. The topological polar surface area (TPSA) is 90.0 Å². The Hall–Kier alpha value is -3.37. The highest BCUT2D eigenvalue weighted by Crippen LogP contribution is 2.30. The van der Waals surface area contributed by atoms with Gasteiger partial charge in [-0.2, -0.15) is 15.1 Å². The number of morpholine rings is 1. The lowest BCUT2D eigenvalue weighted by Crippen LogP contribution is -2.37. The van der Waals surface area contributed by atoms with E-state index in [-0.39, 0.29) is 0 Å². The van der Waals surface area contributed by atoms with Gasteiger partial charge >= 0.3 is 0 Å². The van der Waals surface area contributed by atoms with E-state index in [1.807, 2.05) is 16.8 Å². The second-order valence-corrected chi connectivity index (χ2v) is 8.57. The zero-order chi connectivity index (χ0) is 22.4. The molecule has 0 aromatic carbocycles. The minimum absolute atomic E-state index is 0.580. The van der Waals surface area contributed by atoms with Crippen molar-refractivity contribution in [2.24, 2.45) is 0 Å². The molecule has 10 heteroatoms. The van der Waals surface area contributed by atoms with Crippen molar-refractivity contribution in [2.45, 2.75) is 26.4 Å². The van der Waals surface area contributed by atoms with E-state index in [1.54, 1.807) is 12.4 Å². The summed E-state index contributed by atoms with van der Waals surface area (Å²) >= 11 is 0. The Labute approximate surface area is 191 Å². The lowest BCUT2D eigenvalue weighted by molar-refractivity contribution is 0.122. The quantitative estimate of drug-likeness (QED) is 0.471. The first-order chi connectivity index (χ1) is 16.2. The molecule has 0 amide bonds. The lowest BCUT2D eigenvalue weighted by Gasteiger charge is -2.28. The van der Waals surface area contributed by atoms with Crippen molar-refractivity contribution >= 4 is 17.0 Å². The van der Waals surface area contributed by atoms with Gasteiger partial charge in [-0.25, -0.2) is 9.67 Å². The number of hydrogen-bond acceptors (Lipinski definition) is 8. The van der Waals surface area contributed by atoms with Gasteiger partial charge in [0, 0.05) is 68.9 Å². The van der Waals surface area contributed by atoms with Crippen molar-refractivity contribution < 1.29 is 4.74 Å². The molecule has 0 aliphatic carbocycles. The standard InChI is InChI=1S/C23H27N9O/c1-3-31-20(16-4-7-24-8-5-16)25-19-21(30-10-12-33-13-11-30)26-23(27-22(19)31)32-15-17-14-29(2)9-6-18(17)28-32/h4-5,7-8,15H,3,6,9-14H2,1-2H3. The average molecular weight is 446 g/mol. The first-order valence-corrected chi connectivity index (χ1v) is 11.5. The summed E-state index contributed by atoms with van der Waals surface area (Å²) in [5.74, 6) is 2.29. The van der Waals surface area contributed by atoms with Crippen LogP contribution < -0.4 is 4.90 Å². The maximum atomic E-state index is 5.59. The summed E-state index contributed by atoms with van der Waals surface area (Å²) in [6.45, 7) is 7.67. The van der Waals surface area contributed by atoms with Crippen molar-refractivity contribution in [1.29, 1.82) is 0 Å². The number of imidazole rings is 1. The highest BCUT2D eigenvalue weighted by Gasteiger charge is 2.25. The number of ether oxygens (including phenoxy) is 1. The van der Waals surface area contributed by atoms with Crippen LogP contribution in [0.1, 0.15) is 18.2 Å². The molecular weight excluding hydrogens is 418 g/mol. The molecule has 170 valence electrons. The Morgan fingerprint density at radius 2 is 1.85 bits per heavy atom. The Kier molecular flexibility index (Phi) is 5.03. The van der Waals surface area contributed by atoms with E-state index >= 15 is 0 Å². The number of hydrogen-bond donors (Lipinski definition) is 0. The van der Waals surface area contributed by atoms with Crippen molar-refractivity contribution in [1.82, 2.24) is 39.2 Å². The zero-order valence-corrected chi connectivity index (χ0v) is 19.0. The summed E-state index contributed by atoms with van der Waals surface area (Å²) in [5, 5.41) is 4.85. The number of pyridine rings is 1. The van der Waals surface area contributed by atoms with Crippen LogP contribution in [0, 0.1) is 0 Å². The van der Waals surface area contributed by atoms with Gasteiger partial charge in [0.05, 0.1) is 18.9 Å². The molecule has 2 aliphatic heterocycles. The van der Waals surface area contributed by atoms with E-state index in [4.69, 9.17) is 24.8 Å². The highest BCUT2D eigenvalue weighted by atomic mass is 16.5. The van der Waals surface area contributed by atoms with E-state index < -0.39 is 0 Å². The monoisotopic (exact) mass is 445 g/mol. The van der Waals surface area contributed by atoms with Gasteiger partial charge in [0.25, 0.3) is 5.95 Å². The molecule has 10 nitrogen and oxygen atoms in total. The predicted molar refractivity (Wildman–Crippen MR) is 124 cm³/mol. The molecule has 0 saturated carbocycles. The van der Waals surface area contributed by atoms with E-state index in [2.05, 4.69) is 39.5 Å². The fourth-order valence-electron chi connectivity index (χ4n) is 4.65. The normalized spacial score (nSPS) is 17.0. The molecule has 0 bridgehead atoms. The number of rotatable bonds is 4. The second kappa shape index (κ2) is 8.20. The Morgan fingerprint density at radius 1 is 1.03 bits per heavy atom. The van der Waals surface area contributed by atoms with Crippen molar-refractivity contribution in [3.63, 3.8) is 0 Å². The minimum Gasteiger partial charge on any atom is -0.378 e. The van der Waals surface area contributed by atoms with Crippen LogP contribution in [0.3, 0.4) is 0 Å². The summed E-state index contributed by atoms with van der Waals surface area (Å²) in [6.07, 6.45) is 6.60. The maximum Gasteiger partial charge on any atom is 0.254 e. The van der Waals surface area contributed by atoms with Gasteiger partial charge < -0.3 is 19.1 Å². The molecule has 0 spiro atoms. The largest absolute Gasteiger partial charge is 0.378 e. The summed E-state index contributed by atoms with van der Waals surface area (Å²) in [4.78, 5) is 23.7. The molecule has 1 fully saturated rings. The summed E-state index contributed by atoms with van der Waals surface area (Å²) in [5.41, 5.74) is 5.01. The fraction of sp³-hybridized carbons (Fsp3) is 0.435. The molecule has 6 heterocycles. The molecule has 0 radical (unpaired) electrons. The van der Waals surface area contributed by atoms with Gasteiger partial charge in [-0.1, -0.05) is 0 Å². The molecule has 4 aromatic rings. The van der Waals surface area contributed by atoms with E-state index in [0.29, 0.717) is 19.2 Å². The number of likely N-dealkylation sites (N-methyl/N-ethyl adjacent to an activating group) is 1. The SMILES string of the molecule is CCn1c(-c2ccncc2)nc2c(N3CCOCC3)nc(-n3cc4c(n3)CCN(C)C4)nc21. The van der Waals surface area contributed by atoms with Crippen molar-refractivity contribution in [2.75, 3.05) is 44.8 Å². The average Bonchev–Trinajstić information content (AvgIpc) is 3.45. The summed E-state index contributed by atoms with van der Waals surface area (Å²) in [6, 6.07) is 3.96. The summed E-state index contributed by atoms with van der Waals surface area (Å²) < 4.78 is 9.58. The molecule has 0 unspecified atom stereocenters. The first kappa shape index (κ1) is 20.3. The molecule has 33 heavy (non-hydrogen) atoms. The molecule has 0 atom stereocenters. The maximum absolute atomic E-state index is 5.59. The van der Waals surface area contributed by atoms with E-state index in [9.17, 15) is 0 Å². The number of nitrogens with zero attached hydrogens (tertiary/aromatic N) is 9. The minimum atomic E-state index is 0.580. The molecule has 1 saturated heterocycles. The van der Waals surface area contributed by atoms with E-state index in [1.165, 1.54) is 5.56 Å². The number of fused-ring (bicyclic) bond motifs is 2. The van der Waals surface area contributed by atoms with Crippen LogP contribution >= 0.6 is 0 Å². The molecule has 6 rings (SSSR count). The molecular formula is C23H27N9O. The zero-order valence-electron chi connectivity index (χ0n) is 19.0. The van der Waals surface area contributed by atoms with Crippen LogP contribution in [0.15, 0.2) is 30.7 Å². The highest BCUT2D eigenvalue weighted by molar-refractivity contribution is 5.87. The molecule has 4 aromatic heterocycles. The van der Waals surface area contributed by atoms with Gasteiger partial charge in [0.1, 0.15) is 5.82 Å². The van der Waals surface area contributed by atoms with Gasteiger partial charge in [-0.3, -0.25) is 4.98 Å². The van der Waals surface area contributed by atoms with Crippen molar-refractivity contribution in [3.05, 3.63) is 42.0 Å². The van der Waals surface area contributed by atoms with Crippen LogP contribution in [0.25, 0.3) is 28.5 Å². The van der Waals surface area contributed by atoms with Crippen LogP contribution in [0.4, 0.5) is 5.82 Å². The first-order valence-electron chi connectivity index (χ1n) is 11.5. The lowest BCUT2D eigenvalue weighted by atomic mass is 10.1. The fourth-order valence-corrected chi connectivity index (χ4v) is 4.65. The van der Waals surface area contributed by atoms with Gasteiger partial charge in [-0.15, -0.1) is 0 Å². The number of aryl methyl sites for hydroxylation is 1.